The van der Waals surface area contributed by atoms with Crippen LogP contribution in [0.4, 0.5) is 5.95 Å². The van der Waals surface area contributed by atoms with Crippen molar-refractivity contribution in [1.82, 2.24) is 24.7 Å². The lowest BCUT2D eigenvalue weighted by Crippen LogP contribution is -2.18. The number of nitrogens with two attached hydrogens (primary N) is 1. The fourth-order valence-corrected chi connectivity index (χ4v) is 3.44. The number of pyridine rings is 1. The van der Waals surface area contributed by atoms with E-state index in [9.17, 15) is 10.4 Å². The third-order valence-electron chi connectivity index (χ3n) is 5.16. The van der Waals surface area contributed by atoms with Gasteiger partial charge in [-0.05, 0) is 50.6 Å². The van der Waals surface area contributed by atoms with E-state index in [4.69, 9.17) is 5.73 Å². The molecule has 0 bridgehead atoms. The summed E-state index contributed by atoms with van der Waals surface area (Å²) in [4.78, 5) is 13.3. The Morgan fingerprint density at radius 2 is 1.84 bits per heavy atom. The molecule has 0 saturated carbocycles. The van der Waals surface area contributed by atoms with Crippen LogP contribution in [0.25, 0.3) is 22.5 Å². The van der Waals surface area contributed by atoms with Gasteiger partial charge in [-0.2, -0.15) is 10.4 Å². The predicted molar refractivity (Wildman–Crippen MR) is 121 cm³/mol. The molecule has 0 aliphatic heterocycles. The van der Waals surface area contributed by atoms with E-state index in [2.05, 4.69) is 26.1 Å². The summed E-state index contributed by atoms with van der Waals surface area (Å²) in [5, 5.41) is 24.0. The van der Waals surface area contributed by atoms with Gasteiger partial charge in [-0.15, -0.1) is 0 Å². The molecule has 0 aliphatic rings. The van der Waals surface area contributed by atoms with Crippen molar-refractivity contribution in [2.75, 3.05) is 5.73 Å². The van der Waals surface area contributed by atoms with Crippen LogP contribution in [-0.4, -0.2) is 29.8 Å². The Balaban J connectivity index is 1.65. The maximum Gasteiger partial charge on any atom is 0.221 e. The molecular weight excluding hydrogens is 402 g/mol. The van der Waals surface area contributed by atoms with Crippen molar-refractivity contribution < 1.29 is 5.11 Å². The van der Waals surface area contributed by atoms with Crippen LogP contribution < -0.4 is 5.73 Å². The molecule has 0 amide bonds. The number of hydrogen-bond acceptors (Lipinski definition) is 7. The van der Waals surface area contributed by atoms with E-state index in [-0.39, 0.29) is 5.95 Å². The first kappa shape index (κ1) is 21.2. The van der Waals surface area contributed by atoms with Crippen molar-refractivity contribution in [1.29, 1.82) is 5.26 Å². The van der Waals surface area contributed by atoms with Crippen LogP contribution in [0, 0.1) is 18.3 Å². The van der Waals surface area contributed by atoms with Gasteiger partial charge in [0.25, 0.3) is 0 Å². The lowest BCUT2D eigenvalue weighted by atomic mass is 10.00. The summed E-state index contributed by atoms with van der Waals surface area (Å²) in [5.41, 5.74) is 10.7. The zero-order chi connectivity index (χ0) is 22.9. The fourth-order valence-electron chi connectivity index (χ4n) is 3.44. The molecule has 3 N–H and O–H groups in total. The fraction of sp³-hybridized carbons (Fsp3) is 0.208. The van der Waals surface area contributed by atoms with Gasteiger partial charge in [-0.1, -0.05) is 18.2 Å². The predicted octanol–water partition coefficient (Wildman–Crippen LogP) is 3.44. The minimum atomic E-state index is -1.01. The first-order valence-corrected chi connectivity index (χ1v) is 10.1. The minimum absolute atomic E-state index is 0.145. The van der Waals surface area contributed by atoms with E-state index in [1.165, 1.54) is 0 Å². The molecule has 0 saturated heterocycles. The smallest absolute Gasteiger partial charge is 0.221 e. The largest absolute Gasteiger partial charge is 0.384 e. The van der Waals surface area contributed by atoms with E-state index in [0.717, 1.165) is 22.4 Å². The van der Waals surface area contributed by atoms with Gasteiger partial charge in [0.2, 0.25) is 5.95 Å². The van der Waals surface area contributed by atoms with Gasteiger partial charge in [0, 0.05) is 17.3 Å². The highest BCUT2D eigenvalue weighted by Crippen LogP contribution is 2.28. The van der Waals surface area contributed by atoms with E-state index in [1.54, 1.807) is 36.9 Å². The second kappa shape index (κ2) is 8.21. The van der Waals surface area contributed by atoms with E-state index >= 15 is 0 Å². The number of aromatic nitrogens is 5. The molecule has 4 rings (SSSR count). The molecule has 160 valence electrons. The Bertz CT molecular complexity index is 1330. The number of nitriles is 1. The highest BCUT2D eigenvalue weighted by atomic mass is 16.3. The van der Waals surface area contributed by atoms with Gasteiger partial charge < -0.3 is 10.8 Å². The molecule has 3 aromatic heterocycles. The van der Waals surface area contributed by atoms with Gasteiger partial charge in [-0.25, -0.2) is 9.97 Å². The number of nitrogen functional groups attached to an aromatic ring is 1. The summed E-state index contributed by atoms with van der Waals surface area (Å²) >= 11 is 0. The van der Waals surface area contributed by atoms with Gasteiger partial charge in [0.05, 0.1) is 47.1 Å². The monoisotopic (exact) mass is 425 g/mol. The molecule has 0 aliphatic carbocycles. The van der Waals surface area contributed by atoms with Gasteiger partial charge in [0.1, 0.15) is 5.60 Å². The molecule has 8 nitrogen and oxygen atoms in total. The standard InChI is InChI=1S/C24H23N7O/c1-15-16(11-25)6-4-8-19(15)21-10-20(29-23(26)30-21)17-12-27-31(13-17)14-18-7-5-9-22(28-18)24(2,3)32/h4-10,12-13,32H,14H2,1-3H3,(H2,26,29,30). The van der Waals surface area contributed by atoms with Gasteiger partial charge in [0.15, 0.2) is 0 Å². The third kappa shape index (κ3) is 4.33. The van der Waals surface area contributed by atoms with Crippen molar-refractivity contribution in [2.45, 2.75) is 32.9 Å². The number of anilines is 1. The minimum Gasteiger partial charge on any atom is -0.384 e. The number of rotatable bonds is 5. The summed E-state index contributed by atoms with van der Waals surface area (Å²) in [6.07, 6.45) is 3.58. The zero-order valence-corrected chi connectivity index (χ0v) is 18.1. The molecule has 8 heteroatoms. The SMILES string of the molecule is Cc1c(C#N)cccc1-c1cc(-c2cnn(Cc3cccc(C(C)(C)O)n3)c2)nc(N)n1. The molecule has 1 aromatic carbocycles. The molecule has 0 spiro atoms. The van der Waals surface area contributed by atoms with Crippen LogP contribution in [0.2, 0.25) is 0 Å². The van der Waals surface area contributed by atoms with Crippen LogP contribution >= 0.6 is 0 Å². The quantitative estimate of drug-likeness (QED) is 0.501. The summed E-state index contributed by atoms with van der Waals surface area (Å²) < 4.78 is 1.76. The van der Waals surface area contributed by atoms with Crippen molar-refractivity contribution in [3.05, 3.63) is 77.4 Å². The van der Waals surface area contributed by atoms with Crippen LogP contribution in [0.3, 0.4) is 0 Å². The average Bonchev–Trinajstić information content (AvgIpc) is 3.21. The molecule has 0 unspecified atom stereocenters. The molecule has 0 radical (unpaired) electrons. The Hall–Kier alpha value is -4.09. The Kier molecular flexibility index (Phi) is 5.43. The van der Waals surface area contributed by atoms with Crippen molar-refractivity contribution in [2.24, 2.45) is 0 Å². The molecule has 3 heterocycles. The number of benzene rings is 1. The van der Waals surface area contributed by atoms with Crippen LogP contribution in [-0.2, 0) is 12.1 Å². The van der Waals surface area contributed by atoms with Crippen LogP contribution in [0.15, 0.2) is 54.9 Å². The third-order valence-corrected chi connectivity index (χ3v) is 5.16. The summed E-state index contributed by atoms with van der Waals surface area (Å²) in [5.74, 6) is 0.145. The van der Waals surface area contributed by atoms with Crippen LogP contribution in [0.1, 0.15) is 36.4 Å². The maximum atomic E-state index is 10.2. The summed E-state index contributed by atoms with van der Waals surface area (Å²) in [6.45, 7) is 5.74. The lowest BCUT2D eigenvalue weighted by molar-refractivity contribution is 0.0736. The topological polar surface area (TPSA) is 127 Å². The average molecular weight is 425 g/mol. The van der Waals surface area contributed by atoms with E-state index < -0.39 is 5.60 Å². The highest BCUT2D eigenvalue weighted by molar-refractivity contribution is 5.72. The summed E-state index contributed by atoms with van der Waals surface area (Å²) in [7, 11) is 0. The summed E-state index contributed by atoms with van der Waals surface area (Å²) in [6, 6.07) is 15.1. The Morgan fingerprint density at radius 1 is 1.09 bits per heavy atom. The van der Waals surface area contributed by atoms with E-state index in [1.807, 2.05) is 43.5 Å². The highest BCUT2D eigenvalue weighted by Gasteiger charge is 2.18. The molecule has 32 heavy (non-hydrogen) atoms. The second-order valence-electron chi connectivity index (χ2n) is 8.09. The molecule has 0 fully saturated rings. The van der Waals surface area contributed by atoms with Crippen LogP contribution in [0.5, 0.6) is 0 Å². The van der Waals surface area contributed by atoms with Crippen molar-refractivity contribution >= 4 is 5.95 Å². The second-order valence-corrected chi connectivity index (χ2v) is 8.09. The van der Waals surface area contributed by atoms with Crippen molar-refractivity contribution in [3.8, 4) is 28.6 Å². The Labute approximate surface area is 186 Å². The molecule has 0 atom stereocenters. The number of nitrogens with zero attached hydrogens (tertiary/aromatic N) is 6. The van der Waals surface area contributed by atoms with Gasteiger partial charge >= 0.3 is 0 Å². The molecule has 4 aromatic rings. The first-order valence-electron chi connectivity index (χ1n) is 10.1. The zero-order valence-electron chi connectivity index (χ0n) is 18.1. The van der Waals surface area contributed by atoms with Crippen molar-refractivity contribution in [3.63, 3.8) is 0 Å². The van der Waals surface area contributed by atoms with E-state index in [0.29, 0.717) is 29.2 Å². The number of hydrogen-bond donors (Lipinski definition) is 2. The molecular formula is C24H23N7O. The Morgan fingerprint density at radius 3 is 2.59 bits per heavy atom. The van der Waals surface area contributed by atoms with Gasteiger partial charge in [-0.3, -0.25) is 9.67 Å². The number of aliphatic hydroxyl groups is 1. The normalized spacial score (nSPS) is 11.3. The maximum absolute atomic E-state index is 10.2. The lowest BCUT2D eigenvalue weighted by Gasteiger charge is -2.17. The first-order chi connectivity index (χ1) is 15.2.